The van der Waals surface area contributed by atoms with Gasteiger partial charge in [0, 0.05) is 0 Å². The summed E-state index contributed by atoms with van der Waals surface area (Å²) in [5.74, 6) is -3.54. The molecule has 2 unspecified atom stereocenters. The highest BCUT2D eigenvalue weighted by molar-refractivity contribution is 5.83. The Kier molecular flexibility index (Phi) is 6.93. The molecule has 0 saturated carbocycles. The molecule has 0 aromatic heterocycles. The van der Waals surface area contributed by atoms with Crippen LogP contribution in [0, 0.1) is 0 Å². The third kappa shape index (κ3) is 8.23. The smallest absolute Gasteiger partial charge is 0.335 e. The molecule has 0 bridgehead atoms. The summed E-state index contributed by atoms with van der Waals surface area (Å²) in [5.41, 5.74) is 8.50. The Bertz CT molecular complexity index is 206. The lowest BCUT2D eigenvalue weighted by Gasteiger charge is -2.07. The van der Waals surface area contributed by atoms with Crippen molar-refractivity contribution in [1.29, 1.82) is 0 Å². The van der Waals surface area contributed by atoms with E-state index in [0.29, 0.717) is 0 Å². The van der Waals surface area contributed by atoms with Crippen LogP contribution >= 0.6 is 0 Å². The van der Waals surface area contributed by atoms with Crippen LogP contribution in [0.25, 0.3) is 0 Å². The van der Waals surface area contributed by atoms with Gasteiger partial charge in [0.1, 0.15) is 0 Å². The summed E-state index contributed by atoms with van der Waals surface area (Å²) in [6.45, 7) is 0. The maximum absolute atomic E-state index is 9.77. The van der Waals surface area contributed by atoms with Gasteiger partial charge in [0.2, 0.25) is 0 Å². The van der Waals surface area contributed by atoms with E-state index in [4.69, 9.17) is 25.2 Å². The van der Waals surface area contributed by atoms with Crippen LogP contribution in [0.3, 0.4) is 0 Å². The first-order valence-corrected chi connectivity index (χ1v) is 3.06. The fourth-order valence-electron chi connectivity index (χ4n) is 0.270. The van der Waals surface area contributed by atoms with Crippen LogP contribution in [-0.4, -0.2) is 50.6 Å². The summed E-state index contributed by atoms with van der Waals surface area (Å²) in [6, 6.07) is -0.833. The molecular weight excluding hydrogens is 200 g/mol. The van der Waals surface area contributed by atoms with Crippen LogP contribution < -0.4 is 11.5 Å². The van der Waals surface area contributed by atoms with Crippen LogP contribution in [0.4, 0.5) is 4.79 Å². The molecule has 0 aliphatic carbocycles. The highest BCUT2D eigenvalue weighted by atomic mass is 16.4. The van der Waals surface area contributed by atoms with Crippen LogP contribution in [0.1, 0.15) is 0 Å². The minimum atomic E-state index is -2.27. The lowest BCUT2D eigenvalue weighted by molar-refractivity contribution is -0.165. The summed E-state index contributed by atoms with van der Waals surface area (Å²) >= 11 is 0. The highest BCUT2D eigenvalue weighted by Gasteiger charge is 2.29. The second kappa shape index (κ2) is 6.62. The molecule has 0 spiro atoms. The van der Waals surface area contributed by atoms with E-state index in [1.165, 1.54) is 0 Å². The number of rotatable bonds is 3. The molecular formula is C5H10N2O7. The summed E-state index contributed by atoms with van der Waals surface area (Å²) < 4.78 is 0. The van der Waals surface area contributed by atoms with Gasteiger partial charge in [-0.05, 0) is 0 Å². The minimum Gasteiger partial charge on any atom is -0.479 e. The number of carbonyl (C=O) groups is 3. The number of primary amides is 2. The zero-order valence-electron chi connectivity index (χ0n) is 6.82. The normalized spacial score (nSPS) is 13.0. The molecule has 0 fully saturated rings. The molecule has 0 aliphatic rings. The maximum atomic E-state index is 9.77. The maximum Gasteiger partial charge on any atom is 0.335 e. The molecule has 9 nitrogen and oxygen atoms in total. The Morgan fingerprint density at radius 3 is 1.07 bits per heavy atom. The number of carboxylic acids is 2. The predicted octanol–water partition coefficient (Wildman–Crippen LogP) is -3.10. The molecule has 14 heavy (non-hydrogen) atoms. The van der Waals surface area contributed by atoms with Gasteiger partial charge >= 0.3 is 18.0 Å². The molecule has 0 saturated heterocycles. The number of hydrogen-bond donors (Lipinski definition) is 6. The molecule has 2 amide bonds. The topological polar surface area (TPSA) is 184 Å². The number of urea groups is 1. The average Bonchev–Trinajstić information content (AvgIpc) is 2.00. The molecule has 0 aromatic rings. The van der Waals surface area contributed by atoms with Gasteiger partial charge in [0.25, 0.3) is 0 Å². The average molecular weight is 210 g/mol. The molecule has 8 N–H and O–H groups in total. The lowest BCUT2D eigenvalue weighted by Crippen LogP contribution is -2.39. The van der Waals surface area contributed by atoms with Gasteiger partial charge in [-0.25, -0.2) is 14.4 Å². The number of carbonyl (C=O) groups excluding carboxylic acids is 1. The second-order valence-electron chi connectivity index (χ2n) is 1.97. The van der Waals surface area contributed by atoms with Gasteiger partial charge in [0.15, 0.2) is 12.2 Å². The molecule has 2 atom stereocenters. The minimum absolute atomic E-state index is 0.833. The molecule has 0 rings (SSSR count). The van der Waals surface area contributed by atoms with Crippen molar-refractivity contribution in [2.45, 2.75) is 12.2 Å². The van der Waals surface area contributed by atoms with E-state index in [-0.39, 0.29) is 0 Å². The van der Waals surface area contributed by atoms with E-state index in [9.17, 15) is 9.59 Å². The summed E-state index contributed by atoms with van der Waals surface area (Å²) in [4.78, 5) is 28.5. The quantitative estimate of drug-likeness (QED) is 0.284. The van der Waals surface area contributed by atoms with Crippen LogP contribution in [-0.2, 0) is 9.59 Å². The number of hydrogen-bond acceptors (Lipinski definition) is 5. The number of carboxylic acid groups (broad SMARTS) is 2. The van der Waals surface area contributed by atoms with Crippen LogP contribution in [0.2, 0.25) is 0 Å². The molecule has 9 heteroatoms. The summed E-state index contributed by atoms with van der Waals surface area (Å²) in [6.07, 6.45) is -4.53. The van der Waals surface area contributed by atoms with Crippen molar-refractivity contribution in [3.05, 3.63) is 0 Å². The first-order chi connectivity index (χ1) is 6.20. The van der Waals surface area contributed by atoms with E-state index in [1.807, 2.05) is 0 Å². The van der Waals surface area contributed by atoms with E-state index in [0.717, 1.165) is 0 Å². The molecule has 82 valence electrons. The van der Waals surface area contributed by atoms with Crippen molar-refractivity contribution < 1.29 is 34.8 Å². The van der Waals surface area contributed by atoms with E-state index in [2.05, 4.69) is 11.5 Å². The SMILES string of the molecule is NC(N)=O.O=C(O)C(O)C(O)C(=O)O. The van der Waals surface area contributed by atoms with Gasteiger partial charge in [-0.15, -0.1) is 0 Å². The van der Waals surface area contributed by atoms with Gasteiger partial charge in [-0.1, -0.05) is 0 Å². The summed E-state index contributed by atoms with van der Waals surface area (Å²) in [7, 11) is 0. The monoisotopic (exact) mass is 210 g/mol. The molecule has 0 aromatic carbocycles. The third-order valence-electron chi connectivity index (χ3n) is 0.805. The number of aliphatic carboxylic acids is 2. The van der Waals surface area contributed by atoms with Gasteiger partial charge in [-0.3, -0.25) is 0 Å². The number of nitrogens with two attached hydrogens (primary N) is 2. The Balaban J connectivity index is 0. The van der Waals surface area contributed by atoms with Crippen molar-refractivity contribution in [2.75, 3.05) is 0 Å². The van der Waals surface area contributed by atoms with Crippen LogP contribution in [0.5, 0.6) is 0 Å². The Morgan fingerprint density at radius 2 is 1.00 bits per heavy atom. The van der Waals surface area contributed by atoms with Crippen LogP contribution in [0.15, 0.2) is 0 Å². The van der Waals surface area contributed by atoms with Crippen molar-refractivity contribution >= 4 is 18.0 Å². The molecule has 0 heterocycles. The second-order valence-corrected chi connectivity index (χ2v) is 1.97. The standard InChI is InChI=1S/C4H6O6.CH4N2O/c5-1(3(7)8)2(6)4(9)10;2-1(3)4/h1-2,5-6H,(H,7,8)(H,9,10);(H4,2,3,4). The number of aliphatic hydroxyl groups excluding tert-OH is 2. The van der Waals surface area contributed by atoms with Crippen molar-refractivity contribution in [1.82, 2.24) is 0 Å². The Hall–Kier alpha value is -1.87. The lowest BCUT2D eigenvalue weighted by atomic mass is 10.2. The fourth-order valence-corrected chi connectivity index (χ4v) is 0.270. The number of amides is 2. The van der Waals surface area contributed by atoms with E-state index < -0.39 is 30.2 Å². The molecule has 0 radical (unpaired) electrons. The zero-order chi connectivity index (χ0) is 11.9. The van der Waals surface area contributed by atoms with Crippen molar-refractivity contribution in [3.8, 4) is 0 Å². The van der Waals surface area contributed by atoms with Crippen molar-refractivity contribution in [2.24, 2.45) is 11.5 Å². The third-order valence-corrected chi connectivity index (χ3v) is 0.805. The largest absolute Gasteiger partial charge is 0.479 e. The van der Waals surface area contributed by atoms with E-state index >= 15 is 0 Å². The molecule has 0 aliphatic heterocycles. The first kappa shape index (κ1) is 14.6. The number of aliphatic hydroxyl groups is 2. The van der Waals surface area contributed by atoms with Gasteiger partial charge in [0.05, 0.1) is 0 Å². The van der Waals surface area contributed by atoms with Gasteiger partial charge < -0.3 is 31.9 Å². The van der Waals surface area contributed by atoms with Crippen molar-refractivity contribution in [3.63, 3.8) is 0 Å². The zero-order valence-corrected chi connectivity index (χ0v) is 6.82. The predicted molar refractivity (Wildman–Crippen MR) is 41.1 cm³/mol. The van der Waals surface area contributed by atoms with Gasteiger partial charge in [-0.2, -0.15) is 0 Å². The fraction of sp³-hybridized carbons (Fsp3) is 0.400. The summed E-state index contributed by atoms with van der Waals surface area (Å²) in [5, 5.41) is 32.5. The highest BCUT2D eigenvalue weighted by Crippen LogP contribution is 1.92. The Morgan fingerprint density at radius 1 is 0.857 bits per heavy atom. The Labute approximate surface area is 77.5 Å². The first-order valence-electron chi connectivity index (χ1n) is 3.06. The van der Waals surface area contributed by atoms with E-state index in [1.54, 1.807) is 0 Å².